The highest BCUT2D eigenvalue weighted by molar-refractivity contribution is 4.86. The van der Waals surface area contributed by atoms with Crippen LogP contribution in [0.3, 0.4) is 0 Å². The zero-order chi connectivity index (χ0) is 14.4. The molecule has 1 saturated heterocycles. The van der Waals surface area contributed by atoms with Crippen molar-refractivity contribution in [3.8, 4) is 0 Å². The normalized spacial score (nSPS) is 23.6. The summed E-state index contributed by atoms with van der Waals surface area (Å²) in [4.78, 5) is 2.73. The van der Waals surface area contributed by atoms with E-state index in [9.17, 15) is 5.11 Å². The predicted octanol–water partition coefficient (Wildman–Crippen LogP) is 2.78. The van der Waals surface area contributed by atoms with E-state index >= 15 is 0 Å². The van der Waals surface area contributed by atoms with Crippen LogP contribution in [0.4, 0.5) is 0 Å². The van der Waals surface area contributed by atoms with E-state index < -0.39 is 0 Å². The lowest BCUT2D eigenvalue weighted by atomic mass is 9.83. The molecule has 0 unspecified atom stereocenters. The van der Waals surface area contributed by atoms with Crippen molar-refractivity contribution in [1.82, 2.24) is 10.2 Å². The van der Waals surface area contributed by atoms with Gasteiger partial charge in [0.25, 0.3) is 0 Å². The van der Waals surface area contributed by atoms with Crippen LogP contribution in [0, 0.1) is 5.41 Å². The van der Waals surface area contributed by atoms with Crippen molar-refractivity contribution in [2.75, 3.05) is 26.2 Å². The maximum absolute atomic E-state index is 9.64. The molecule has 2 aliphatic rings. The van der Waals surface area contributed by atoms with Crippen LogP contribution in [-0.2, 0) is 0 Å². The Morgan fingerprint density at radius 3 is 2.15 bits per heavy atom. The average molecular weight is 282 g/mol. The largest absolute Gasteiger partial charge is 0.396 e. The van der Waals surface area contributed by atoms with Gasteiger partial charge in [-0.25, -0.2) is 0 Å². The summed E-state index contributed by atoms with van der Waals surface area (Å²) >= 11 is 0. The van der Waals surface area contributed by atoms with Gasteiger partial charge in [-0.1, -0.05) is 26.7 Å². The molecule has 0 amide bonds. The first-order valence-corrected chi connectivity index (χ1v) is 8.81. The van der Waals surface area contributed by atoms with Gasteiger partial charge in [0.15, 0.2) is 0 Å². The van der Waals surface area contributed by atoms with Crippen molar-refractivity contribution < 1.29 is 5.11 Å². The van der Waals surface area contributed by atoms with E-state index in [-0.39, 0.29) is 5.41 Å². The predicted molar refractivity (Wildman–Crippen MR) is 85.0 cm³/mol. The lowest BCUT2D eigenvalue weighted by Gasteiger charge is -2.38. The third kappa shape index (κ3) is 3.96. The van der Waals surface area contributed by atoms with Crippen molar-refractivity contribution in [2.45, 2.75) is 77.3 Å². The van der Waals surface area contributed by atoms with Gasteiger partial charge in [-0.05, 0) is 51.6 Å². The van der Waals surface area contributed by atoms with Crippen LogP contribution in [0.1, 0.15) is 65.2 Å². The second kappa shape index (κ2) is 7.77. The van der Waals surface area contributed by atoms with Gasteiger partial charge in [0, 0.05) is 30.7 Å². The summed E-state index contributed by atoms with van der Waals surface area (Å²) in [5.74, 6) is 0. The molecule has 2 N–H and O–H groups in total. The Morgan fingerprint density at radius 1 is 1.05 bits per heavy atom. The Balaban J connectivity index is 1.71. The lowest BCUT2D eigenvalue weighted by Crippen LogP contribution is -2.48. The molecule has 1 aliphatic heterocycles. The summed E-state index contributed by atoms with van der Waals surface area (Å²) in [6.45, 7) is 8.23. The number of likely N-dealkylation sites (tertiary alicyclic amines) is 1. The highest BCUT2D eigenvalue weighted by Crippen LogP contribution is 2.27. The van der Waals surface area contributed by atoms with Gasteiger partial charge in [0.1, 0.15) is 0 Å². The zero-order valence-corrected chi connectivity index (χ0v) is 13.5. The molecule has 0 bridgehead atoms. The highest BCUT2D eigenvalue weighted by Gasteiger charge is 2.29. The monoisotopic (exact) mass is 282 g/mol. The summed E-state index contributed by atoms with van der Waals surface area (Å²) in [6.07, 6.45) is 10.4. The molecule has 3 heteroatoms. The zero-order valence-electron chi connectivity index (χ0n) is 13.5. The van der Waals surface area contributed by atoms with Crippen LogP contribution in [0.25, 0.3) is 0 Å². The van der Waals surface area contributed by atoms with Crippen LogP contribution in [0.2, 0.25) is 0 Å². The Kier molecular flexibility index (Phi) is 6.31. The Labute approximate surface area is 125 Å². The number of hydrogen-bond acceptors (Lipinski definition) is 3. The van der Waals surface area contributed by atoms with Crippen LogP contribution < -0.4 is 5.32 Å². The maximum Gasteiger partial charge on any atom is 0.0499 e. The molecule has 1 aliphatic carbocycles. The average Bonchev–Trinajstić information content (AvgIpc) is 3.04. The van der Waals surface area contributed by atoms with Crippen LogP contribution >= 0.6 is 0 Å². The van der Waals surface area contributed by atoms with E-state index in [0.717, 1.165) is 25.4 Å². The van der Waals surface area contributed by atoms with E-state index in [1.807, 2.05) is 0 Å². The van der Waals surface area contributed by atoms with Gasteiger partial charge >= 0.3 is 0 Å². The molecule has 2 fully saturated rings. The second-order valence-electron chi connectivity index (χ2n) is 6.99. The standard InChI is InChI=1S/C17H34N2O/c1-3-17(4-2,14-20)13-18-15-9-11-19(12-10-15)16-7-5-6-8-16/h15-16,18,20H,3-14H2,1-2H3. The van der Waals surface area contributed by atoms with Crippen LogP contribution in [0.15, 0.2) is 0 Å². The number of nitrogens with one attached hydrogen (secondary N) is 1. The van der Waals surface area contributed by atoms with E-state index in [4.69, 9.17) is 0 Å². The van der Waals surface area contributed by atoms with Crippen LogP contribution in [0.5, 0.6) is 0 Å². The third-order valence-corrected chi connectivity index (χ3v) is 5.97. The Hall–Kier alpha value is -0.120. The van der Waals surface area contributed by atoms with Gasteiger partial charge in [-0.15, -0.1) is 0 Å². The summed E-state index contributed by atoms with van der Waals surface area (Å²) < 4.78 is 0. The molecule has 0 aromatic carbocycles. The number of piperidine rings is 1. The molecule has 1 heterocycles. The third-order valence-electron chi connectivity index (χ3n) is 5.97. The number of rotatable bonds is 7. The fraction of sp³-hybridized carbons (Fsp3) is 1.00. The van der Waals surface area contributed by atoms with E-state index in [1.54, 1.807) is 0 Å². The minimum atomic E-state index is 0.0998. The van der Waals surface area contributed by atoms with Crippen molar-refractivity contribution in [3.05, 3.63) is 0 Å². The molecular weight excluding hydrogens is 248 g/mol. The fourth-order valence-corrected chi connectivity index (χ4v) is 3.88. The van der Waals surface area contributed by atoms with E-state index in [1.165, 1.54) is 51.6 Å². The molecule has 0 aromatic rings. The van der Waals surface area contributed by atoms with Crippen molar-refractivity contribution in [1.29, 1.82) is 0 Å². The fourth-order valence-electron chi connectivity index (χ4n) is 3.88. The molecule has 1 saturated carbocycles. The number of hydrogen-bond donors (Lipinski definition) is 2. The Morgan fingerprint density at radius 2 is 1.65 bits per heavy atom. The van der Waals surface area contributed by atoms with Gasteiger partial charge in [0.2, 0.25) is 0 Å². The highest BCUT2D eigenvalue weighted by atomic mass is 16.3. The SMILES string of the molecule is CCC(CC)(CO)CNC1CCN(C2CCCC2)CC1. The minimum Gasteiger partial charge on any atom is -0.396 e. The van der Waals surface area contributed by atoms with Gasteiger partial charge in [0.05, 0.1) is 0 Å². The second-order valence-corrected chi connectivity index (χ2v) is 6.99. The molecule has 3 nitrogen and oxygen atoms in total. The molecule has 20 heavy (non-hydrogen) atoms. The lowest BCUT2D eigenvalue weighted by molar-refractivity contribution is 0.0974. The molecule has 0 radical (unpaired) electrons. The van der Waals surface area contributed by atoms with Crippen molar-refractivity contribution >= 4 is 0 Å². The quantitative estimate of drug-likeness (QED) is 0.754. The number of aliphatic hydroxyl groups is 1. The molecule has 2 rings (SSSR count). The van der Waals surface area contributed by atoms with Crippen LogP contribution in [-0.4, -0.2) is 48.3 Å². The topological polar surface area (TPSA) is 35.5 Å². The van der Waals surface area contributed by atoms with Gasteiger partial charge in [-0.3, -0.25) is 0 Å². The smallest absolute Gasteiger partial charge is 0.0499 e. The molecule has 0 aromatic heterocycles. The summed E-state index contributed by atoms with van der Waals surface area (Å²) in [5, 5.41) is 13.4. The van der Waals surface area contributed by atoms with Crippen molar-refractivity contribution in [3.63, 3.8) is 0 Å². The molecule has 118 valence electrons. The maximum atomic E-state index is 9.64. The van der Waals surface area contributed by atoms with Crippen molar-refractivity contribution in [2.24, 2.45) is 5.41 Å². The van der Waals surface area contributed by atoms with Gasteiger partial charge in [-0.2, -0.15) is 0 Å². The molecular formula is C17H34N2O. The Bertz CT molecular complexity index is 256. The summed E-state index contributed by atoms with van der Waals surface area (Å²) in [5.41, 5.74) is 0.0998. The van der Waals surface area contributed by atoms with Gasteiger partial charge < -0.3 is 15.3 Å². The first-order chi connectivity index (χ1) is 9.73. The first kappa shape index (κ1) is 16.3. The van der Waals surface area contributed by atoms with E-state index in [0.29, 0.717) is 12.6 Å². The molecule has 0 spiro atoms. The van der Waals surface area contributed by atoms with E-state index in [2.05, 4.69) is 24.1 Å². The first-order valence-electron chi connectivity index (χ1n) is 8.81. The number of aliphatic hydroxyl groups excluding tert-OH is 1. The number of nitrogens with zero attached hydrogens (tertiary/aromatic N) is 1. The molecule has 0 atom stereocenters. The minimum absolute atomic E-state index is 0.0998. The summed E-state index contributed by atoms with van der Waals surface area (Å²) in [6, 6.07) is 1.55. The summed E-state index contributed by atoms with van der Waals surface area (Å²) in [7, 11) is 0.